The molecule has 5 nitrogen and oxygen atoms in total. The van der Waals surface area contributed by atoms with Crippen molar-refractivity contribution in [1.82, 2.24) is 15.0 Å². The summed E-state index contributed by atoms with van der Waals surface area (Å²) in [4.78, 5) is 15.5. The Balaban J connectivity index is 1.41. The number of benzene rings is 1. The lowest BCUT2D eigenvalue weighted by molar-refractivity contribution is 0.216. The van der Waals surface area contributed by atoms with Crippen LogP contribution in [0.2, 0.25) is 0 Å². The van der Waals surface area contributed by atoms with E-state index in [0.29, 0.717) is 11.8 Å². The van der Waals surface area contributed by atoms with Crippen LogP contribution in [0.5, 0.6) is 5.88 Å². The molecule has 5 heteroatoms. The van der Waals surface area contributed by atoms with Crippen LogP contribution in [0.25, 0.3) is 10.9 Å². The maximum absolute atomic E-state index is 5.82. The lowest BCUT2D eigenvalue weighted by Gasteiger charge is -2.33. The first-order valence-electron chi connectivity index (χ1n) is 8.80. The first-order chi connectivity index (χ1) is 12.3. The van der Waals surface area contributed by atoms with Crippen molar-refractivity contribution in [1.29, 1.82) is 0 Å². The zero-order valence-corrected chi connectivity index (χ0v) is 14.4. The van der Waals surface area contributed by atoms with Crippen molar-refractivity contribution in [2.75, 3.05) is 24.6 Å². The van der Waals surface area contributed by atoms with Gasteiger partial charge in [-0.2, -0.15) is 0 Å². The summed E-state index contributed by atoms with van der Waals surface area (Å²) in [5.41, 5.74) is 2.25. The Morgan fingerprint density at radius 2 is 1.96 bits per heavy atom. The minimum atomic E-state index is 0.563. The van der Waals surface area contributed by atoms with Crippen molar-refractivity contribution in [2.45, 2.75) is 19.8 Å². The fraction of sp³-hybridized carbons (Fsp3) is 0.350. The average molecular weight is 334 g/mol. The van der Waals surface area contributed by atoms with Crippen LogP contribution >= 0.6 is 0 Å². The molecule has 0 amide bonds. The first kappa shape index (κ1) is 15.8. The van der Waals surface area contributed by atoms with E-state index < -0.39 is 0 Å². The zero-order valence-electron chi connectivity index (χ0n) is 14.4. The molecule has 0 aliphatic carbocycles. The van der Waals surface area contributed by atoms with E-state index in [-0.39, 0.29) is 0 Å². The largest absolute Gasteiger partial charge is 0.477 e. The minimum Gasteiger partial charge on any atom is -0.477 e. The van der Waals surface area contributed by atoms with Crippen LogP contribution in [0.4, 0.5) is 5.82 Å². The van der Waals surface area contributed by atoms with Crippen molar-refractivity contribution < 1.29 is 4.74 Å². The highest BCUT2D eigenvalue weighted by Gasteiger charge is 2.22. The molecule has 0 radical (unpaired) electrons. The Kier molecular flexibility index (Phi) is 4.46. The smallest absolute Gasteiger partial charge is 0.213 e. The van der Waals surface area contributed by atoms with E-state index in [1.807, 2.05) is 18.2 Å². The molecule has 0 atom stereocenters. The van der Waals surface area contributed by atoms with Crippen LogP contribution in [-0.2, 0) is 0 Å². The zero-order chi connectivity index (χ0) is 17.1. The molecule has 2 aromatic heterocycles. The van der Waals surface area contributed by atoms with Gasteiger partial charge in [0.1, 0.15) is 12.1 Å². The van der Waals surface area contributed by atoms with E-state index in [0.717, 1.165) is 49.3 Å². The minimum absolute atomic E-state index is 0.563. The van der Waals surface area contributed by atoms with Gasteiger partial charge >= 0.3 is 0 Å². The van der Waals surface area contributed by atoms with E-state index in [4.69, 9.17) is 4.74 Å². The van der Waals surface area contributed by atoms with E-state index in [1.165, 1.54) is 5.56 Å². The maximum atomic E-state index is 5.82. The summed E-state index contributed by atoms with van der Waals surface area (Å²) in [6.45, 7) is 4.83. The molecule has 25 heavy (non-hydrogen) atoms. The number of hydrogen-bond donors (Lipinski definition) is 0. The van der Waals surface area contributed by atoms with Gasteiger partial charge in [0, 0.05) is 30.7 Å². The molecule has 1 aliphatic heterocycles. The summed E-state index contributed by atoms with van der Waals surface area (Å²) < 4.78 is 5.82. The van der Waals surface area contributed by atoms with E-state index in [9.17, 15) is 0 Å². The Morgan fingerprint density at radius 1 is 1.08 bits per heavy atom. The number of hydrogen-bond acceptors (Lipinski definition) is 5. The molecule has 4 rings (SSSR count). The number of aryl methyl sites for hydroxylation is 1. The van der Waals surface area contributed by atoms with Crippen LogP contribution in [0, 0.1) is 12.8 Å². The van der Waals surface area contributed by atoms with Crippen LogP contribution in [-0.4, -0.2) is 34.6 Å². The lowest BCUT2D eigenvalue weighted by Crippen LogP contribution is -2.36. The van der Waals surface area contributed by atoms with Gasteiger partial charge in [0.15, 0.2) is 0 Å². The standard InChI is InChI=1S/C20H22N4O/c1-15-5-6-18-17(12-15)20(23-14-22-18)24-10-7-16(8-11-24)13-25-19-4-2-3-9-21-19/h2-6,9,12,14,16H,7-8,10-11,13H2,1H3. The van der Waals surface area contributed by atoms with Crippen LogP contribution < -0.4 is 9.64 Å². The maximum Gasteiger partial charge on any atom is 0.213 e. The van der Waals surface area contributed by atoms with E-state index in [1.54, 1.807) is 12.5 Å². The summed E-state index contributed by atoms with van der Waals surface area (Å²) >= 11 is 0. The van der Waals surface area contributed by atoms with Crippen molar-refractivity contribution >= 4 is 16.7 Å². The molecule has 1 fully saturated rings. The molecule has 0 spiro atoms. The normalized spacial score (nSPS) is 15.5. The highest BCUT2D eigenvalue weighted by molar-refractivity contribution is 5.89. The molecule has 3 heterocycles. The average Bonchev–Trinajstić information content (AvgIpc) is 2.67. The van der Waals surface area contributed by atoms with Crippen molar-refractivity contribution in [3.05, 3.63) is 54.5 Å². The van der Waals surface area contributed by atoms with Gasteiger partial charge in [0.2, 0.25) is 5.88 Å². The quantitative estimate of drug-likeness (QED) is 0.729. The fourth-order valence-electron chi connectivity index (χ4n) is 3.36. The molecule has 1 aliphatic rings. The Bertz CT molecular complexity index is 845. The molecule has 0 bridgehead atoms. The van der Waals surface area contributed by atoms with Gasteiger partial charge < -0.3 is 9.64 Å². The Morgan fingerprint density at radius 3 is 2.76 bits per heavy atom. The van der Waals surface area contributed by atoms with Crippen LogP contribution in [0.1, 0.15) is 18.4 Å². The number of ether oxygens (including phenoxy) is 1. The summed E-state index contributed by atoms with van der Waals surface area (Å²) in [5.74, 6) is 2.33. The van der Waals surface area contributed by atoms with Crippen molar-refractivity contribution in [3.8, 4) is 5.88 Å². The second-order valence-electron chi connectivity index (χ2n) is 6.63. The topological polar surface area (TPSA) is 51.1 Å². The highest BCUT2D eigenvalue weighted by atomic mass is 16.5. The predicted octanol–water partition coefficient (Wildman–Crippen LogP) is 3.63. The van der Waals surface area contributed by atoms with Gasteiger partial charge in [-0.15, -0.1) is 0 Å². The Hall–Kier alpha value is -2.69. The third-order valence-corrected chi connectivity index (χ3v) is 4.79. The van der Waals surface area contributed by atoms with Crippen LogP contribution in [0.15, 0.2) is 48.9 Å². The number of pyridine rings is 1. The molecular weight excluding hydrogens is 312 g/mol. The SMILES string of the molecule is Cc1ccc2ncnc(N3CCC(COc4ccccn4)CC3)c2c1. The molecule has 1 aromatic carbocycles. The van der Waals surface area contributed by atoms with Crippen molar-refractivity contribution in [3.63, 3.8) is 0 Å². The second-order valence-corrected chi connectivity index (χ2v) is 6.63. The van der Waals surface area contributed by atoms with Gasteiger partial charge in [-0.25, -0.2) is 15.0 Å². The molecule has 3 aromatic rings. The Labute approximate surface area is 147 Å². The molecule has 128 valence electrons. The molecular formula is C20H22N4O. The van der Waals surface area contributed by atoms with Gasteiger partial charge in [0.25, 0.3) is 0 Å². The van der Waals surface area contributed by atoms with Gasteiger partial charge in [-0.1, -0.05) is 17.7 Å². The predicted molar refractivity (Wildman–Crippen MR) is 98.9 cm³/mol. The second kappa shape index (κ2) is 7.05. The number of nitrogens with zero attached hydrogens (tertiary/aromatic N) is 4. The lowest BCUT2D eigenvalue weighted by atomic mass is 9.97. The van der Waals surface area contributed by atoms with E-state index >= 15 is 0 Å². The molecule has 0 unspecified atom stereocenters. The number of aromatic nitrogens is 3. The third-order valence-electron chi connectivity index (χ3n) is 4.79. The van der Waals surface area contributed by atoms with Gasteiger partial charge in [0.05, 0.1) is 12.1 Å². The highest BCUT2D eigenvalue weighted by Crippen LogP contribution is 2.28. The summed E-state index contributed by atoms with van der Waals surface area (Å²) in [5, 5.41) is 1.14. The molecule has 1 saturated heterocycles. The van der Waals surface area contributed by atoms with Crippen LogP contribution in [0.3, 0.4) is 0 Å². The summed E-state index contributed by atoms with van der Waals surface area (Å²) in [7, 11) is 0. The fourth-order valence-corrected chi connectivity index (χ4v) is 3.36. The van der Waals surface area contributed by atoms with E-state index in [2.05, 4.69) is 45.0 Å². The van der Waals surface area contributed by atoms with Gasteiger partial charge in [-0.05, 0) is 43.9 Å². The number of rotatable bonds is 4. The molecule has 0 saturated carbocycles. The number of fused-ring (bicyclic) bond motifs is 1. The summed E-state index contributed by atoms with van der Waals surface area (Å²) in [6.07, 6.45) is 5.64. The number of piperidine rings is 1. The van der Waals surface area contributed by atoms with Gasteiger partial charge in [-0.3, -0.25) is 0 Å². The third kappa shape index (κ3) is 3.55. The monoisotopic (exact) mass is 334 g/mol. The molecule has 0 N–H and O–H groups in total. The summed E-state index contributed by atoms with van der Waals surface area (Å²) in [6, 6.07) is 12.1. The van der Waals surface area contributed by atoms with Crippen molar-refractivity contribution in [2.24, 2.45) is 5.92 Å². The first-order valence-corrected chi connectivity index (χ1v) is 8.80. The number of anilines is 1.